The SMILES string of the molecule is C.C.CCCC.Cc1ccc(C)cc1.Cc1cccc(C)c1. The zero-order valence-electron chi connectivity index (χ0n) is 14.0. The van der Waals surface area contributed by atoms with E-state index in [9.17, 15) is 0 Å². The summed E-state index contributed by atoms with van der Waals surface area (Å²) in [5.41, 5.74) is 5.33. The van der Waals surface area contributed by atoms with Gasteiger partial charge in [-0.1, -0.05) is 112 Å². The molecule has 0 N–H and O–H groups in total. The summed E-state index contributed by atoms with van der Waals surface area (Å²) in [6, 6.07) is 16.9. The van der Waals surface area contributed by atoms with E-state index in [1.54, 1.807) is 0 Å². The number of aryl methyl sites for hydroxylation is 4. The molecule has 0 unspecified atom stereocenters. The van der Waals surface area contributed by atoms with Crippen LogP contribution in [0.4, 0.5) is 0 Å². The molecule has 0 radical (unpaired) electrons. The summed E-state index contributed by atoms with van der Waals surface area (Å²) >= 11 is 0. The van der Waals surface area contributed by atoms with Crippen LogP contribution in [-0.4, -0.2) is 0 Å². The number of hydrogen-bond donors (Lipinski definition) is 0. The molecular weight excluding hydrogens is 264 g/mol. The van der Waals surface area contributed by atoms with E-state index in [0.717, 1.165) is 0 Å². The fourth-order valence-corrected chi connectivity index (χ4v) is 1.44. The van der Waals surface area contributed by atoms with E-state index < -0.39 is 0 Å². The van der Waals surface area contributed by atoms with Crippen molar-refractivity contribution in [1.29, 1.82) is 0 Å². The topological polar surface area (TPSA) is 0 Å². The van der Waals surface area contributed by atoms with E-state index in [1.165, 1.54) is 35.1 Å². The van der Waals surface area contributed by atoms with Crippen molar-refractivity contribution in [3.05, 3.63) is 70.8 Å². The van der Waals surface area contributed by atoms with E-state index >= 15 is 0 Å². The highest BCUT2D eigenvalue weighted by Crippen LogP contribution is 2.00. The van der Waals surface area contributed by atoms with Crippen molar-refractivity contribution in [2.45, 2.75) is 69.2 Å². The maximum absolute atomic E-state index is 2.18. The van der Waals surface area contributed by atoms with Gasteiger partial charge in [0.15, 0.2) is 0 Å². The number of unbranched alkanes of at least 4 members (excludes halogenated alkanes) is 1. The lowest BCUT2D eigenvalue weighted by Gasteiger charge is -1.90. The first-order valence-corrected chi connectivity index (χ1v) is 7.56. The molecule has 0 fully saturated rings. The molecule has 0 aliphatic heterocycles. The molecule has 0 aromatic heterocycles. The van der Waals surface area contributed by atoms with Gasteiger partial charge in [-0.25, -0.2) is 0 Å². The Labute approximate surface area is 140 Å². The molecule has 0 aliphatic carbocycles. The molecule has 0 amide bonds. The lowest BCUT2D eigenvalue weighted by molar-refractivity contribution is 0.886. The third kappa shape index (κ3) is 14.8. The Hall–Kier alpha value is -1.56. The molecule has 22 heavy (non-hydrogen) atoms. The predicted octanol–water partition coefficient (Wildman–Crippen LogP) is 7.69. The Morgan fingerprint density at radius 1 is 0.545 bits per heavy atom. The van der Waals surface area contributed by atoms with Crippen LogP contribution < -0.4 is 0 Å². The standard InChI is InChI=1S/2C8H10.C4H10.2CH4/c1-7-3-5-8(2)6-4-7;1-7-4-3-5-8(2)6-7;1-3-4-2;;/h2*3-6H,1-2H3;3-4H2,1-2H3;2*1H4. The van der Waals surface area contributed by atoms with Crippen molar-refractivity contribution in [1.82, 2.24) is 0 Å². The van der Waals surface area contributed by atoms with Crippen molar-refractivity contribution in [2.24, 2.45) is 0 Å². The second-order valence-corrected chi connectivity index (χ2v) is 5.31. The molecule has 0 nitrogen and oxygen atoms in total. The Bertz CT molecular complexity index is 411. The van der Waals surface area contributed by atoms with E-state index in [2.05, 4.69) is 90.1 Å². The van der Waals surface area contributed by atoms with E-state index in [-0.39, 0.29) is 14.9 Å². The van der Waals surface area contributed by atoms with Gasteiger partial charge in [0, 0.05) is 0 Å². The van der Waals surface area contributed by atoms with Crippen LogP contribution in [0.5, 0.6) is 0 Å². The number of benzene rings is 2. The number of hydrogen-bond acceptors (Lipinski definition) is 0. The average molecular weight is 303 g/mol. The molecule has 2 aromatic rings. The highest BCUT2D eigenvalue weighted by Gasteiger charge is 1.81. The van der Waals surface area contributed by atoms with Gasteiger partial charge in [0.25, 0.3) is 0 Å². The smallest absolute Gasteiger partial charge is 0.0398 e. The molecule has 0 saturated heterocycles. The van der Waals surface area contributed by atoms with Gasteiger partial charge < -0.3 is 0 Å². The summed E-state index contributed by atoms with van der Waals surface area (Å²) in [7, 11) is 0. The van der Waals surface area contributed by atoms with Crippen LogP contribution in [0.15, 0.2) is 48.5 Å². The van der Waals surface area contributed by atoms with Crippen molar-refractivity contribution in [2.75, 3.05) is 0 Å². The van der Waals surface area contributed by atoms with Gasteiger partial charge in [0.05, 0.1) is 0 Å². The molecule has 0 atom stereocenters. The Morgan fingerprint density at radius 2 is 0.864 bits per heavy atom. The molecule has 0 spiro atoms. The lowest BCUT2D eigenvalue weighted by Crippen LogP contribution is -1.71. The summed E-state index contributed by atoms with van der Waals surface area (Å²) in [6.07, 6.45) is 2.64. The monoisotopic (exact) mass is 302 g/mol. The molecule has 0 saturated carbocycles. The first-order chi connectivity index (χ1) is 9.49. The maximum Gasteiger partial charge on any atom is -0.0398 e. The van der Waals surface area contributed by atoms with Gasteiger partial charge in [-0.05, 0) is 27.7 Å². The molecule has 0 heterocycles. The van der Waals surface area contributed by atoms with Crippen LogP contribution in [0.2, 0.25) is 0 Å². The zero-order chi connectivity index (χ0) is 15.4. The molecule has 2 aromatic carbocycles. The summed E-state index contributed by atoms with van der Waals surface area (Å²) in [5, 5.41) is 0. The largest absolute Gasteiger partial charge is 0.0776 e. The summed E-state index contributed by atoms with van der Waals surface area (Å²) in [6.45, 7) is 12.8. The molecule has 0 heteroatoms. The zero-order valence-corrected chi connectivity index (χ0v) is 14.0. The molecule has 0 bridgehead atoms. The van der Waals surface area contributed by atoms with Crippen LogP contribution in [0.1, 0.15) is 63.8 Å². The van der Waals surface area contributed by atoms with Gasteiger partial charge >= 0.3 is 0 Å². The van der Waals surface area contributed by atoms with E-state index in [1.807, 2.05) is 0 Å². The third-order valence-electron chi connectivity index (χ3n) is 2.89. The first-order valence-electron chi connectivity index (χ1n) is 7.56. The Morgan fingerprint density at radius 3 is 1.05 bits per heavy atom. The summed E-state index contributed by atoms with van der Waals surface area (Å²) < 4.78 is 0. The van der Waals surface area contributed by atoms with Crippen molar-refractivity contribution >= 4 is 0 Å². The van der Waals surface area contributed by atoms with Crippen LogP contribution in [0, 0.1) is 27.7 Å². The predicted molar refractivity (Wildman–Crippen MR) is 106 cm³/mol. The summed E-state index contributed by atoms with van der Waals surface area (Å²) in [5.74, 6) is 0. The minimum absolute atomic E-state index is 0. The summed E-state index contributed by atoms with van der Waals surface area (Å²) in [4.78, 5) is 0. The van der Waals surface area contributed by atoms with Gasteiger partial charge in [0.2, 0.25) is 0 Å². The van der Waals surface area contributed by atoms with Crippen LogP contribution in [0.3, 0.4) is 0 Å². The second-order valence-electron chi connectivity index (χ2n) is 5.31. The average Bonchev–Trinajstić information content (AvgIpc) is 2.43. The number of rotatable bonds is 1. The normalized spacial score (nSPS) is 8.09. The molecule has 2 rings (SSSR count). The quantitative estimate of drug-likeness (QED) is 0.506. The maximum atomic E-state index is 2.18. The van der Waals surface area contributed by atoms with E-state index in [0.29, 0.717) is 0 Å². The van der Waals surface area contributed by atoms with Crippen LogP contribution in [0.25, 0.3) is 0 Å². The minimum Gasteiger partial charge on any atom is -0.0776 e. The highest BCUT2D eigenvalue weighted by molar-refractivity contribution is 5.20. The first kappa shape index (κ1) is 25.4. The minimum atomic E-state index is 0. The Balaban J connectivity index is -0.000000249. The fraction of sp³-hybridized carbons (Fsp3) is 0.455. The van der Waals surface area contributed by atoms with E-state index in [4.69, 9.17) is 0 Å². The third-order valence-corrected chi connectivity index (χ3v) is 2.89. The molecule has 126 valence electrons. The van der Waals surface area contributed by atoms with Crippen molar-refractivity contribution in [3.63, 3.8) is 0 Å². The van der Waals surface area contributed by atoms with Gasteiger partial charge in [-0.15, -0.1) is 0 Å². The second kappa shape index (κ2) is 15.8. The van der Waals surface area contributed by atoms with Gasteiger partial charge in [-0.3, -0.25) is 0 Å². The van der Waals surface area contributed by atoms with Gasteiger partial charge in [0.1, 0.15) is 0 Å². The van der Waals surface area contributed by atoms with Crippen molar-refractivity contribution in [3.8, 4) is 0 Å². The fourth-order valence-electron chi connectivity index (χ4n) is 1.44. The lowest BCUT2D eigenvalue weighted by atomic mass is 10.2. The van der Waals surface area contributed by atoms with Gasteiger partial charge in [-0.2, -0.15) is 0 Å². The highest BCUT2D eigenvalue weighted by atomic mass is 13.9. The van der Waals surface area contributed by atoms with Crippen molar-refractivity contribution < 1.29 is 0 Å². The Kier molecular flexibility index (Phi) is 18.3. The van der Waals surface area contributed by atoms with Crippen LogP contribution >= 0.6 is 0 Å². The molecule has 0 aliphatic rings. The van der Waals surface area contributed by atoms with Crippen LogP contribution in [-0.2, 0) is 0 Å². The molecular formula is C22H38.